The molecule has 0 spiro atoms. The highest BCUT2D eigenvalue weighted by atomic mass is 19.1. The summed E-state index contributed by atoms with van der Waals surface area (Å²) in [5.41, 5.74) is 0.0145. The fourth-order valence-corrected chi connectivity index (χ4v) is 2.09. The van der Waals surface area contributed by atoms with Gasteiger partial charge < -0.3 is 15.4 Å². The van der Waals surface area contributed by atoms with E-state index in [1.165, 1.54) is 24.3 Å². The summed E-state index contributed by atoms with van der Waals surface area (Å²) in [6.45, 7) is 2.32. The van der Waals surface area contributed by atoms with Crippen molar-refractivity contribution in [2.75, 3.05) is 17.2 Å². The van der Waals surface area contributed by atoms with Crippen molar-refractivity contribution in [1.29, 1.82) is 0 Å². The maximum atomic E-state index is 13.7. The molecule has 0 aliphatic carbocycles. The van der Waals surface area contributed by atoms with E-state index in [9.17, 15) is 24.1 Å². The maximum absolute atomic E-state index is 13.7. The third kappa shape index (κ3) is 5.77. The van der Waals surface area contributed by atoms with Crippen LogP contribution in [-0.4, -0.2) is 23.5 Å². The lowest BCUT2D eigenvalue weighted by molar-refractivity contribution is -0.384. The number of halogens is 1. The molecule has 142 valence electrons. The molecular weight excluding hydrogens is 357 g/mol. The third-order valence-corrected chi connectivity index (χ3v) is 3.52. The Morgan fingerprint density at radius 3 is 2.48 bits per heavy atom. The Kier molecular flexibility index (Phi) is 6.81. The Morgan fingerprint density at radius 2 is 1.85 bits per heavy atom. The zero-order chi connectivity index (χ0) is 19.8. The minimum Gasteiger partial charge on any atom is -0.462 e. The van der Waals surface area contributed by atoms with Crippen LogP contribution in [0.15, 0.2) is 42.5 Å². The molecule has 2 aromatic rings. The number of benzene rings is 2. The first kappa shape index (κ1) is 19.8. The number of hydrogen-bond donors (Lipinski definition) is 2. The second kappa shape index (κ2) is 9.27. The first-order chi connectivity index (χ1) is 12.9. The normalized spacial score (nSPS) is 10.1. The second-order valence-corrected chi connectivity index (χ2v) is 5.57. The smallest absolute Gasteiger partial charge is 0.338 e. The van der Waals surface area contributed by atoms with E-state index in [4.69, 9.17) is 4.74 Å². The number of non-ortho nitro benzene ring substituents is 1. The number of unbranched alkanes of at least 4 members (excludes halogenated alkanes) is 1. The van der Waals surface area contributed by atoms with E-state index >= 15 is 0 Å². The molecule has 0 unspecified atom stereocenters. The van der Waals surface area contributed by atoms with Crippen LogP contribution in [0.5, 0.6) is 0 Å². The van der Waals surface area contributed by atoms with E-state index in [1.807, 2.05) is 6.92 Å². The first-order valence-corrected chi connectivity index (χ1v) is 8.20. The standard InChI is InChI=1S/C18H18FN3O5/c1-2-3-10-27-17(23)12-4-6-13(7-5-12)20-18(24)21-16-11-14(22(25)26)8-9-15(16)19/h4-9,11H,2-3,10H2,1H3,(H2,20,21,24). The molecule has 2 N–H and O–H groups in total. The average Bonchev–Trinajstić information content (AvgIpc) is 2.64. The van der Waals surface area contributed by atoms with Crippen molar-refractivity contribution >= 4 is 29.1 Å². The molecule has 8 nitrogen and oxygen atoms in total. The summed E-state index contributed by atoms with van der Waals surface area (Å²) in [5, 5.41) is 15.4. The molecule has 0 saturated heterocycles. The third-order valence-electron chi connectivity index (χ3n) is 3.52. The zero-order valence-corrected chi connectivity index (χ0v) is 14.5. The van der Waals surface area contributed by atoms with Gasteiger partial charge in [0, 0.05) is 17.8 Å². The van der Waals surface area contributed by atoms with Crippen LogP contribution in [0, 0.1) is 15.9 Å². The van der Waals surface area contributed by atoms with Gasteiger partial charge in [0.05, 0.1) is 22.8 Å². The summed E-state index contributed by atoms with van der Waals surface area (Å²) in [4.78, 5) is 33.8. The van der Waals surface area contributed by atoms with Crippen molar-refractivity contribution in [1.82, 2.24) is 0 Å². The van der Waals surface area contributed by atoms with Crippen molar-refractivity contribution in [2.45, 2.75) is 19.8 Å². The molecule has 9 heteroatoms. The van der Waals surface area contributed by atoms with Crippen LogP contribution in [0.2, 0.25) is 0 Å². The number of esters is 1. The number of nitrogens with one attached hydrogen (secondary N) is 2. The summed E-state index contributed by atoms with van der Waals surface area (Å²) in [5.74, 6) is -1.26. The maximum Gasteiger partial charge on any atom is 0.338 e. The molecule has 0 fully saturated rings. The molecule has 2 rings (SSSR count). The van der Waals surface area contributed by atoms with Gasteiger partial charge >= 0.3 is 12.0 Å². The summed E-state index contributed by atoms with van der Waals surface area (Å²) in [6, 6.07) is 7.97. The number of urea groups is 1. The van der Waals surface area contributed by atoms with Crippen LogP contribution in [-0.2, 0) is 4.74 Å². The lowest BCUT2D eigenvalue weighted by Gasteiger charge is -2.09. The number of nitro benzene ring substituents is 1. The summed E-state index contributed by atoms with van der Waals surface area (Å²) in [6.07, 6.45) is 1.69. The van der Waals surface area contributed by atoms with E-state index < -0.39 is 22.7 Å². The first-order valence-electron chi connectivity index (χ1n) is 8.20. The topological polar surface area (TPSA) is 111 Å². The summed E-state index contributed by atoms with van der Waals surface area (Å²) >= 11 is 0. The SMILES string of the molecule is CCCCOC(=O)c1ccc(NC(=O)Nc2cc([N+](=O)[O-])ccc2F)cc1. The minimum atomic E-state index is -0.805. The predicted molar refractivity (Wildman–Crippen MR) is 97.3 cm³/mol. The predicted octanol–water partition coefficient (Wildman–Crippen LogP) is 4.33. The Bertz CT molecular complexity index is 839. The monoisotopic (exact) mass is 375 g/mol. The molecular formula is C18H18FN3O5. The quantitative estimate of drug-likeness (QED) is 0.324. The van der Waals surface area contributed by atoms with Gasteiger partial charge in [0.15, 0.2) is 0 Å². The summed E-state index contributed by atoms with van der Waals surface area (Å²) < 4.78 is 18.8. The lowest BCUT2D eigenvalue weighted by atomic mass is 10.2. The van der Waals surface area contributed by atoms with Gasteiger partial charge in [-0.1, -0.05) is 13.3 Å². The van der Waals surface area contributed by atoms with Gasteiger partial charge in [-0.3, -0.25) is 10.1 Å². The molecule has 0 saturated carbocycles. The Morgan fingerprint density at radius 1 is 1.15 bits per heavy atom. The van der Waals surface area contributed by atoms with Gasteiger partial charge in [-0.15, -0.1) is 0 Å². The highest BCUT2D eigenvalue weighted by Gasteiger charge is 2.13. The molecule has 0 radical (unpaired) electrons. The van der Waals surface area contributed by atoms with Crippen molar-refractivity contribution in [3.8, 4) is 0 Å². The fourth-order valence-electron chi connectivity index (χ4n) is 2.09. The van der Waals surface area contributed by atoms with Crippen LogP contribution >= 0.6 is 0 Å². The van der Waals surface area contributed by atoms with Gasteiger partial charge in [-0.05, 0) is 36.8 Å². The Balaban J connectivity index is 1.97. The number of rotatable bonds is 7. The van der Waals surface area contributed by atoms with Crippen molar-refractivity contribution in [3.63, 3.8) is 0 Å². The van der Waals surface area contributed by atoms with Crippen molar-refractivity contribution in [2.24, 2.45) is 0 Å². The van der Waals surface area contributed by atoms with E-state index in [2.05, 4.69) is 10.6 Å². The van der Waals surface area contributed by atoms with Crippen LogP contribution in [0.25, 0.3) is 0 Å². The minimum absolute atomic E-state index is 0.321. The van der Waals surface area contributed by atoms with Crippen LogP contribution < -0.4 is 10.6 Å². The number of hydrogen-bond acceptors (Lipinski definition) is 5. The number of carbonyl (C=O) groups excluding carboxylic acids is 2. The Labute approximate surface area is 154 Å². The molecule has 27 heavy (non-hydrogen) atoms. The molecule has 0 aromatic heterocycles. The van der Waals surface area contributed by atoms with Gasteiger partial charge in [-0.2, -0.15) is 0 Å². The van der Waals surface area contributed by atoms with E-state index in [0.717, 1.165) is 31.0 Å². The average molecular weight is 375 g/mol. The molecule has 0 bridgehead atoms. The molecule has 0 heterocycles. The van der Waals surface area contributed by atoms with Crippen LogP contribution in [0.1, 0.15) is 30.1 Å². The molecule has 0 aliphatic rings. The molecule has 2 aromatic carbocycles. The van der Waals surface area contributed by atoms with Gasteiger partial charge in [-0.25, -0.2) is 14.0 Å². The van der Waals surface area contributed by atoms with E-state index in [1.54, 1.807) is 0 Å². The number of anilines is 2. The number of nitro groups is 1. The van der Waals surface area contributed by atoms with Gasteiger partial charge in [0.1, 0.15) is 5.82 Å². The van der Waals surface area contributed by atoms with E-state index in [-0.39, 0.29) is 11.4 Å². The Hall–Kier alpha value is -3.49. The molecule has 0 atom stereocenters. The fraction of sp³-hybridized carbons (Fsp3) is 0.222. The van der Waals surface area contributed by atoms with Gasteiger partial charge in [0.2, 0.25) is 0 Å². The lowest BCUT2D eigenvalue weighted by Crippen LogP contribution is -2.20. The van der Waals surface area contributed by atoms with Gasteiger partial charge in [0.25, 0.3) is 5.69 Å². The zero-order valence-electron chi connectivity index (χ0n) is 14.5. The van der Waals surface area contributed by atoms with Crippen LogP contribution in [0.4, 0.5) is 26.2 Å². The summed E-state index contributed by atoms with van der Waals surface area (Å²) in [7, 11) is 0. The number of nitrogens with zero attached hydrogens (tertiary/aromatic N) is 1. The second-order valence-electron chi connectivity index (χ2n) is 5.57. The number of carbonyl (C=O) groups is 2. The van der Waals surface area contributed by atoms with E-state index in [0.29, 0.717) is 17.9 Å². The van der Waals surface area contributed by atoms with Crippen LogP contribution in [0.3, 0.4) is 0 Å². The molecule has 2 amide bonds. The number of ether oxygens (including phenoxy) is 1. The molecule has 0 aliphatic heterocycles. The highest BCUT2D eigenvalue weighted by Crippen LogP contribution is 2.21. The number of amides is 2. The van der Waals surface area contributed by atoms with Crippen molar-refractivity contribution in [3.05, 3.63) is 64.0 Å². The largest absolute Gasteiger partial charge is 0.462 e. The highest BCUT2D eigenvalue weighted by molar-refractivity contribution is 6.00. The van der Waals surface area contributed by atoms with Crippen molar-refractivity contribution < 1.29 is 23.6 Å².